The third-order valence-corrected chi connectivity index (χ3v) is 7.33. The van der Waals surface area contributed by atoms with Crippen molar-refractivity contribution in [1.29, 1.82) is 0 Å². The van der Waals surface area contributed by atoms with E-state index in [9.17, 15) is 22.8 Å². The van der Waals surface area contributed by atoms with Gasteiger partial charge in [0.2, 0.25) is 17.7 Å². The molecule has 2 aromatic heterocycles. The Kier molecular flexibility index (Phi) is 6.85. The number of ether oxygens (including phenoxy) is 1. The van der Waals surface area contributed by atoms with Crippen molar-refractivity contribution in [1.82, 2.24) is 15.0 Å². The van der Waals surface area contributed by atoms with E-state index < -0.39 is 23.7 Å². The molecule has 1 aliphatic heterocycles. The minimum absolute atomic E-state index is 0.133. The van der Waals surface area contributed by atoms with E-state index in [1.807, 2.05) is 13.0 Å². The zero-order valence-corrected chi connectivity index (χ0v) is 21.6. The summed E-state index contributed by atoms with van der Waals surface area (Å²) in [6.07, 6.45) is -2.31. The van der Waals surface area contributed by atoms with Crippen molar-refractivity contribution in [2.75, 3.05) is 10.2 Å². The molecule has 3 N–H and O–H groups in total. The predicted molar refractivity (Wildman–Crippen MR) is 141 cm³/mol. The van der Waals surface area contributed by atoms with Crippen LogP contribution in [0.4, 0.5) is 24.0 Å². The van der Waals surface area contributed by atoms with Crippen molar-refractivity contribution in [3.8, 4) is 22.9 Å². The average Bonchev–Trinajstić information content (AvgIpc) is 3.46. The number of benzene rings is 2. The van der Waals surface area contributed by atoms with Crippen molar-refractivity contribution in [2.45, 2.75) is 44.9 Å². The molecule has 0 aliphatic carbocycles. The highest BCUT2D eigenvalue weighted by atomic mass is 32.1. The second-order valence-electron chi connectivity index (χ2n) is 9.13. The molecule has 1 aliphatic rings. The van der Waals surface area contributed by atoms with E-state index in [4.69, 9.17) is 10.5 Å². The number of fused-ring (bicyclic) bond motifs is 1. The van der Waals surface area contributed by atoms with Crippen LogP contribution in [0.25, 0.3) is 21.5 Å². The van der Waals surface area contributed by atoms with Gasteiger partial charge in [0.25, 0.3) is 0 Å². The molecular weight excluding hydrogens is 533 g/mol. The Balaban J connectivity index is 1.55. The molecule has 1 fully saturated rings. The lowest BCUT2D eigenvalue weighted by Crippen LogP contribution is -2.43. The van der Waals surface area contributed by atoms with Crippen LogP contribution in [0, 0.1) is 0 Å². The zero-order valence-electron chi connectivity index (χ0n) is 20.8. The number of anilines is 2. The van der Waals surface area contributed by atoms with Gasteiger partial charge in [-0.15, -0.1) is 0 Å². The van der Waals surface area contributed by atoms with Crippen molar-refractivity contribution in [2.24, 2.45) is 5.73 Å². The van der Waals surface area contributed by atoms with Crippen LogP contribution in [0.5, 0.6) is 11.6 Å². The number of nitrogens with one attached hydrogen (secondary N) is 1. The van der Waals surface area contributed by atoms with Gasteiger partial charge in [-0.05, 0) is 44.0 Å². The molecule has 0 radical (unpaired) electrons. The molecule has 1 saturated heterocycles. The molecule has 2 atom stereocenters. The maximum Gasteiger partial charge on any atom is 0.416 e. The summed E-state index contributed by atoms with van der Waals surface area (Å²) in [4.78, 5) is 38.1. The minimum atomic E-state index is -4.58. The normalized spacial score (nSPS) is 17.4. The maximum atomic E-state index is 13.7. The summed E-state index contributed by atoms with van der Waals surface area (Å²) < 4.78 is 47.8. The molecule has 4 aromatic rings. The van der Waals surface area contributed by atoms with Crippen LogP contribution >= 0.6 is 11.3 Å². The predicted octanol–water partition coefficient (Wildman–Crippen LogP) is 5.37. The van der Waals surface area contributed by atoms with Gasteiger partial charge >= 0.3 is 6.18 Å². The molecule has 2 amide bonds. The molecule has 9 nitrogen and oxygen atoms in total. The highest BCUT2D eigenvalue weighted by Gasteiger charge is 2.38. The number of hydrogen-bond donors (Lipinski definition) is 2. The first-order valence-electron chi connectivity index (χ1n) is 12.0. The van der Waals surface area contributed by atoms with Crippen LogP contribution in [0.2, 0.25) is 0 Å². The van der Waals surface area contributed by atoms with E-state index >= 15 is 0 Å². The van der Waals surface area contributed by atoms with Gasteiger partial charge in [0, 0.05) is 30.3 Å². The lowest BCUT2D eigenvalue weighted by atomic mass is 10.0. The van der Waals surface area contributed by atoms with Gasteiger partial charge in [0.15, 0.2) is 10.9 Å². The zero-order chi connectivity index (χ0) is 27.9. The molecular formula is C26H23F3N6O3S. The van der Waals surface area contributed by atoms with Crippen LogP contribution in [0.3, 0.4) is 0 Å². The van der Waals surface area contributed by atoms with E-state index in [0.717, 1.165) is 16.8 Å². The smallest absolute Gasteiger partial charge is 0.416 e. The van der Waals surface area contributed by atoms with Crippen LogP contribution in [-0.4, -0.2) is 38.8 Å². The number of primary amides is 1. The fourth-order valence-corrected chi connectivity index (χ4v) is 5.60. The number of para-hydroxylation sites is 1. The number of nitrogens with zero attached hydrogens (tertiary/aromatic N) is 4. The van der Waals surface area contributed by atoms with Crippen LogP contribution < -0.4 is 20.7 Å². The topological polar surface area (TPSA) is 123 Å². The Bertz CT molecular complexity index is 1570. The lowest BCUT2D eigenvalue weighted by Gasteiger charge is -2.31. The molecule has 0 bridgehead atoms. The van der Waals surface area contributed by atoms with E-state index in [2.05, 4.69) is 20.3 Å². The summed E-state index contributed by atoms with van der Waals surface area (Å²) in [5.74, 6) is -0.354. The van der Waals surface area contributed by atoms with E-state index in [-0.39, 0.29) is 23.5 Å². The Morgan fingerprint density at radius 1 is 1.15 bits per heavy atom. The Morgan fingerprint density at radius 3 is 2.67 bits per heavy atom. The molecule has 5 rings (SSSR count). The number of rotatable bonds is 6. The summed E-state index contributed by atoms with van der Waals surface area (Å²) >= 11 is 1.28. The highest BCUT2D eigenvalue weighted by molar-refractivity contribution is 7.22. The largest absolute Gasteiger partial charge is 0.437 e. The molecule has 202 valence electrons. The number of aromatic nitrogens is 3. The van der Waals surface area contributed by atoms with Crippen molar-refractivity contribution in [3.05, 3.63) is 54.4 Å². The molecule has 2 unspecified atom stereocenters. The number of nitrogens with two attached hydrogens (primary N) is 1. The third kappa shape index (κ3) is 5.35. The summed E-state index contributed by atoms with van der Waals surface area (Å²) in [6.45, 7) is 3.22. The van der Waals surface area contributed by atoms with E-state index in [0.29, 0.717) is 40.5 Å². The molecule has 0 saturated carbocycles. The number of halogens is 3. The summed E-state index contributed by atoms with van der Waals surface area (Å²) in [5.41, 5.74) is 6.14. The Morgan fingerprint density at radius 2 is 1.95 bits per heavy atom. The van der Waals surface area contributed by atoms with E-state index in [1.54, 1.807) is 17.0 Å². The number of carbonyl (C=O) groups is 2. The second kappa shape index (κ2) is 10.1. The fourth-order valence-electron chi connectivity index (χ4n) is 4.67. The number of alkyl halides is 3. The maximum absolute atomic E-state index is 13.7. The number of hydrogen-bond acceptors (Lipinski definition) is 8. The summed E-state index contributed by atoms with van der Waals surface area (Å²) in [6, 6.07) is 9.15. The molecule has 39 heavy (non-hydrogen) atoms. The molecule has 0 spiro atoms. The van der Waals surface area contributed by atoms with Crippen LogP contribution in [-0.2, 0) is 15.8 Å². The van der Waals surface area contributed by atoms with Gasteiger partial charge in [-0.25, -0.2) is 15.0 Å². The number of thiazole rings is 1. The standard InChI is InChI=1S/C26H23F3N6O3S/c1-13-6-9-18(24(30)37)35(13)19-10-15(26(27,28)29)7-8-16(19)17-11-22(32-12-31-17)38-20-4-3-5-21-23(20)34-25(39-21)33-14(2)36/h3-5,7-8,10-13,18H,6,9H2,1-2H3,(H2,30,37)(H,33,34,36). The number of amides is 2. The third-order valence-electron chi connectivity index (χ3n) is 6.40. The summed E-state index contributed by atoms with van der Waals surface area (Å²) in [7, 11) is 0. The SMILES string of the molecule is CC(=O)Nc1nc2c(Oc3cc(-c4ccc(C(F)(F)F)cc4N4C(C)CCC4C(N)=O)ncn3)cccc2s1. The monoisotopic (exact) mass is 556 g/mol. The first-order valence-corrected chi connectivity index (χ1v) is 12.8. The van der Waals surface area contributed by atoms with Gasteiger partial charge < -0.3 is 20.7 Å². The van der Waals surface area contributed by atoms with Crippen molar-refractivity contribution in [3.63, 3.8) is 0 Å². The second-order valence-corrected chi connectivity index (χ2v) is 10.2. The summed E-state index contributed by atoms with van der Waals surface area (Å²) in [5, 5.41) is 3.06. The number of carbonyl (C=O) groups excluding carboxylic acids is 2. The van der Waals surface area contributed by atoms with E-state index in [1.165, 1.54) is 36.7 Å². The van der Waals surface area contributed by atoms with Gasteiger partial charge in [-0.3, -0.25) is 9.59 Å². The Labute approximate surface area is 224 Å². The molecule has 2 aromatic carbocycles. The fraction of sp³-hybridized carbons (Fsp3) is 0.269. The lowest BCUT2D eigenvalue weighted by molar-refractivity contribution is -0.137. The quantitative estimate of drug-likeness (QED) is 0.328. The molecule has 13 heteroatoms. The molecule has 3 heterocycles. The van der Waals surface area contributed by atoms with Gasteiger partial charge in [0.05, 0.1) is 16.0 Å². The first-order chi connectivity index (χ1) is 18.5. The van der Waals surface area contributed by atoms with Crippen molar-refractivity contribution < 1.29 is 27.5 Å². The Hall–Kier alpha value is -4.26. The van der Waals surface area contributed by atoms with Gasteiger partial charge in [0.1, 0.15) is 17.9 Å². The van der Waals surface area contributed by atoms with Gasteiger partial charge in [-0.2, -0.15) is 13.2 Å². The first kappa shape index (κ1) is 26.4. The van der Waals surface area contributed by atoms with Crippen molar-refractivity contribution >= 4 is 44.2 Å². The van der Waals surface area contributed by atoms with Crippen LogP contribution in [0.1, 0.15) is 32.3 Å². The van der Waals surface area contributed by atoms with Crippen LogP contribution in [0.15, 0.2) is 48.8 Å². The minimum Gasteiger partial charge on any atom is -0.437 e. The van der Waals surface area contributed by atoms with Gasteiger partial charge in [-0.1, -0.05) is 23.5 Å². The highest BCUT2D eigenvalue weighted by Crippen LogP contribution is 2.42. The average molecular weight is 557 g/mol.